The maximum absolute atomic E-state index is 12.6. The van der Waals surface area contributed by atoms with Gasteiger partial charge < -0.3 is 20.3 Å². The number of aliphatic hydroxyl groups excluding tert-OH is 2. The lowest BCUT2D eigenvalue weighted by atomic mass is 10.0. The lowest BCUT2D eigenvalue weighted by Crippen LogP contribution is -2.45. The average Bonchev–Trinajstić information content (AvgIpc) is 3.47. The monoisotopic (exact) mass is 1140 g/mol. The number of ether oxygens (including phenoxy) is 1. The van der Waals surface area contributed by atoms with Crippen LogP contribution in [0.5, 0.6) is 0 Å². The van der Waals surface area contributed by atoms with Gasteiger partial charge in [-0.15, -0.1) is 0 Å². The van der Waals surface area contributed by atoms with Crippen LogP contribution < -0.4 is 5.32 Å². The van der Waals surface area contributed by atoms with E-state index < -0.39 is 12.1 Å². The summed E-state index contributed by atoms with van der Waals surface area (Å²) in [6.07, 6.45) is 89.5. The molecule has 0 radical (unpaired) electrons. The van der Waals surface area contributed by atoms with E-state index in [4.69, 9.17) is 4.74 Å². The molecule has 3 N–H and O–H groups in total. The van der Waals surface area contributed by atoms with Crippen LogP contribution in [0.1, 0.15) is 418 Å². The summed E-state index contributed by atoms with van der Waals surface area (Å²) in [5.41, 5.74) is 0. The molecule has 0 bridgehead atoms. The van der Waals surface area contributed by atoms with Gasteiger partial charge in [0.1, 0.15) is 0 Å². The van der Waals surface area contributed by atoms with Gasteiger partial charge in [0.2, 0.25) is 5.91 Å². The number of unbranched alkanes of at least 4 members (excludes halogenated alkanes) is 55. The third-order valence-corrected chi connectivity index (χ3v) is 17.5. The minimum absolute atomic E-state index is 0.0139. The quantitative estimate of drug-likeness (QED) is 0.0320. The Kier molecular flexibility index (Phi) is 69.4. The van der Waals surface area contributed by atoms with E-state index in [-0.39, 0.29) is 18.5 Å². The van der Waals surface area contributed by atoms with Crippen LogP contribution in [0.25, 0.3) is 0 Å². The Morgan fingerprint density at radius 3 is 0.938 bits per heavy atom. The molecule has 0 heterocycles. The average molecular weight is 1140 g/mol. The van der Waals surface area contributed by atoms with Crippen LogP contribution in [0.15, 0.2) is 24.3 Å². The SMILES string of the molecule is CCCCCCCCCCCCCCCCCCCCCCCCCC(O)C(CO)NC(=O)CCCCCCCCCCCCC/C=C\C/C=C\CCCCCCCCCCCOC(=O)CCCCCCCCCCCCCCCC. The van der Waals surface area contributed by atoms with E-state index in [1.807, 2.05) is 0 Å². The van der Waals surface area contributed by atoms with Gasteiger partial charge >= 0.3 is 5.97 Å². The number of carbonyl (C=O) groups excluding carboxylic acids is 2. The van der Waals surface area contributed by atoms with Crippen molar-refractivity contribution in [2.24, 2.45) is 0 Å². The zero-order chi connectivity index (χ0) is 58.5. The van der Waals surface area contributed by atoms with Gasteiger partial charge in [-0.05, 0) is 57.8 Å². The molecule has 0 saturated heterocycles. The number of nitrogens with one attached hydrogen (secondary N) is 1. The molecule has 0 aromatic rings. The van der Waals surface area contributed by atoms with E-state index in [0.29, 0.717) is 25.9 Å². The highest BCUT2D eigenvalue weighted by Crippen LogP contribution is 2.19. The summed E-state index contributed by atoms with van der Waals surface area (Å²) >= 11 is 0. The Hall–Kier alpha value is -1.66. The summed E-state index contributed by atoms with van der Waals surface area (Å²) in [7, 11) is 0. The van der Waals surface area contributed by atoms with Crippen LogP contribution in [0.4, 0.5) is 0 Å². The fourth-order valence-corrected chi connectivity index (χ4v) is 11.9. The summed E-state index contributed by atoms with van der Waals surface area (Å²) in [4.78, 5) is 24.6. The van der Waals surface area contributed by atoms with Crippen molar-refractivity contribution in [2.45, 2.75) is 431 Å². The molecule has 6 nitrogen and oxygen atoms in total. The van der Waals surface area contributed by atoms with Gasteiger partial charge in [0.15, 0.2) is 0 Å². The Labute approximate surface area is 507 Å². The van der Waals surface area contributed by atoms with Gasteiger partial charge in [-0.25, -0.2) is 0 Å². The Morgan fingerprint density at radius 2 is 0.617 bits per heavy atom. The lowest BCUT2D eigenvalue weighted by molar-refractivity contribution is -0.143. The molecule has 0 aliphatic carbocycles. The summed E-state index contributed by atoms with van der Waals surface area (Å²) in [6.45, 7) is 4.99. The lowest BCUT2D eigenvalue weighted by Gasteiger charge is -2.22. The highest BCUT2D eigenvalue weighted by atomic mass is 16.5. The van der Waals surface area contributed by atoms with E-state index in [1.165, 1.54) is 340 Å². The van der Waals surface area contributed by atoms with E-state index in [9.17, 15) is 19.8 Å². The Morgan fingerprint density at radius 1 is 0.346 bits per heavy atom. The van der Waals surface area contributed by atoms with Gasteiger partial charge in [0.25, 0.3) is 0 Å². The standard InChI is InChI=1S/C75H145NO5/c1-3-5-7-9-11-13-15-17-19-20-21-22-28-31-34-37-40-43-47-51-55-59-63-67-73(78)72(71-77)76-74(79)68-64-60-56-52-48-44-41-38-35-32-29-26-24-23-25-27-30-33-36-39-42-46-50-54-58-62-66-70-81-75(80)69-65-61-57-53-49-45-18-16-14-12-10-8-6-4-2/h23-24,27,30,72-73,77-78H,3-22,25-26,28-29,31-71H2,1-2H3,(H,76,79)/b24-23-,30-27-. The Bertz CT molecular complexity index is 1270. The number of allylic oxidation sites excluding steroid dienone is 4. The molecule has 0 spiro atoms. The third kappa shape index (κ3) is 67.3. The molecule has 2 unspecified atom stereocenters. The van der Waals surface area contributed by atoms with Gasteiger partial charge in [0, 0.05) is 12.8 Å². The van der Waals surface area contributed by atoms with E-state index >= 15 is 0 Å². The number of esters is 1. The molecule has 0 fully saturated rings. The first-order valence-corrected chi connectivity index (χ1v) is 37.1. The first kappa shape index (κ1) is 79.3. The summed E-state index contributed by atoms with van der Waals surface area (Å²) < 4.78 is 5.49. The van der Waals surface area contributed by atoms with Crippen LogP contribution in [-0.2, 0) is 14.3 Å². The highest BCUT2D eigenvalue weighted by Gasteiger charge is 2.20. The molecule has 480 valence electrons. The predicted octanol–water partition coefficient (Wildman–Crippen LogP) is 24.1. The summed E-state index contributed by atoms with van der Waals surface area (Å²) in [6, 6.07) is -0.545. The van der Waals surface area contributed by atoms with Crippen molar-refractivity contribution in [3.8, 4) is 0 Å². The molecule has 2 atom stereocenters. The molecule has 0 saturated carbocycles. The van der Waals surface area contributed by atoms with Gasteiger partial charge in [0.05, 0.1) is 25.4 Å². The van der Waals surface area contributed by atoms with E-state index in [2.05, 4.69) is 43.5 Å². The molecule has 81 heavy (non-hydrogen) atoms. The van der Waals surface area contributed by atoms with Crippen molar-refractivity contribution in [1.29, 1.82) is 0 Å². The van der Waals surface area contributed by atoms with Gasteiger partial charge in [-0.1, -0.05) is 372 Å². The zero-order valence-electron chi connectivity index (χ0n) is 55.0. The molecule has 0 aliphatic rings. The summed E-state index contributed by atoms with van der Waals surface area (Å²) in [5.74, 6) is -0.0193. The number of hydrogen-bond acceptors (Lipinski definition) is 5. The van der Waals surface area contributed by atoms with Crippen molar-refractivity contribution in [3.63, 3.8) is 0 Å². The van der Waals surface area contributed by atoms with Crippen LogP contribution in [0, 0.1) is 0 Å². The Balaban J connectivity index is 3.41. The smallest absolute Gasteiger partial charge is 0.305 e. The highest BCUT2D eigenvalue weighted by molar-refractivity contribution is 5.76. The van der Waals surface area contributed by atoms with E-state index in [1.54, 1.807) is 0 Å². The molecule has 6 heteroatoms. The number of carbonyl (C=O) groups is 2. The molecular formula is C75H145NO5. The maximum Gasteiger partial charge on any atom is 0.305 e. The largest absolute Gasteiger partial charge is 0.466 e. The second kappa shape index (κ2) is 70.8. The summed E-state index contributed by atoms with van der Waals surface area (Å²) in [5, 5.41) is 23.4. The van der Waals surface area contributed by atoms with Crippen molar-refractivity contribution in [1.82, 2.24) is 5.32 Å². The van der Waals surface area contributed by atoms with Crippen LogP contribution in [-0.4, -0.2) is 47.4 Å². The molecule has 0 aromatic heterocycles. The molecule has 0 aliphatic heterocycles. The second-order valence-corrected chi connectivity index (χ2v) is 25.6. The molecule has 0 rings (SSSR count). The molecule has 1 amide bonds. The van der Waals surface area contributed by atoms with Crippen molar-refractivity contribution in [2.75, 3.05) is 13.2 Å². The third-order valence-electron chi connectivity index (χ3n) is 17.5. The molecule has 0 aromatic carbocycles. The second-order valence-electron chi connectivity index (χ2n) is 25.6. The number of hydrogen-bond donors (Lipinski definition) is 3. The van der Waals surface area contributed by atoms with Crippen molar-refractivity contribution >= 4 is 11.9 Å². The fourth-order valence-electron chi connectivity index (χ4n) is 11.9. The number of rotatable bonds is 70. The number of amides is 1. The molecular weight excluding hydrogens is 995 g/mol. The van der Waals surface area contributed by atoms with Crippen LogP contribution in [0.3, 0.4) is 0 Å². The predicted molar refractivity (Wildman–Crippen MR) is 356 cm³/mol. The van der Waals surface area contributed by atoms with Crippen molar-refractivity contribution in [3.05, 3.63) is 24.3 Å². The topological polar surface area (TPSA) is 95.9 Å². The first-order valence-electron chi connectivity index (χ1n) is 37.1. The normalized spacial score (nSPS) is 12.6. The van der Waals surface area contributed by atoms with E-state index in [0.717, 1.165) is 44.9 Å². The minimum atomic E-state index is -0.668. The first-order chi connectivity index (χ1) is 40.0. The number of aliphatic hydroxyl groups is 2. The minimum Gasteiger partial charge on any atom is -0.466 e. The van der Waals surface area contributed by atoms with Crippen molar-refractivity contribution < 1.29 is 24.5 Å². The van der Waals surface area contributed by atoms with Crippen LogP contribution >= 0.6 is 0 Å². The maximum atomic E-state index is 12.6. The van der Waals surface area contributed by atoms with Crippen LogP contribution in [0.2, 0.25) is 0 Å². The zero-order valence-corrected chi connectivity index (χ0v) is 55.0. The van der Waals surface area contributed by atoms with Gasteiger partial charge in [-0.2, -0.15) is 0 Å². The van der Waals surface area contributed by atoms with Gasteiger partial charge in [-0.3, -0.25) is 9.59 Å². The fraction of sp³-hybridized carbons (Fsp3) is 0.920.